The van der Waals surface area contributed by atoms with Gasteiger partial charge >= 0.3 is 0 Å². The zero-order chi connectivity index (χ0) is 20.8. The second-order valence-corrected chi connectivity index (χ2v) is 8.54. The van der Waals surface area contributed by atoms with E-state index in [0.29, 0.717) is 26.1 Å². The minimum absolute atomic E-state index is 0.164. The van der Waals surface area contributed by atoms with Crippen LogP contribution in [0, 0.1) is 0 Å². The first-order valence-electron chi connectivity index (χ1n) is 10.7. The van der Waals surface area contributed by atoms with Crippen LogP contribution in [0.1, 0.15) is 42.0 Å². The van der Waals surface area contributed by atoms with Gasteiger partial charge in [0.25, 0.3) is 0 Å². The minimum atomic E-state index is -1.01. The van der Waals surface area contributed by atoms with Crippen molar-refractivity contribution in [2.45, 2.75) is 50.1 Å². The van der Waals surface area contributed by atoms with Crippen LogP contribution >= 0.6 is 0 Å². The summed E-state index contributed by atoms with van der Waals surface area (Å²) < 4.78 is 23.7. The molecule has 2 saturated heterocycles. The molecule has 2 fully saturated rings. The largest absolute Gasteiger partial charge is 0.486 e. The highest BCUT2D eigenvalue weighted by Crippen LogP contribution is 2.49. The summed E-state index contributed by atoms with van der Waals surface area (Å²) >= 11 is 0. The first kappa shape index (κ1) is 19.8. The van der Waals surface area contributed by atoms with Gasteiger partial charge in [-0.2, -0.15) is 0 Å². The minimum Gasteiger partial charge on any atom is -0.486 e. The topological polar surface area (TPSA) is 77.4 Å². The summed E-state index contributed by atoms with van der Waals surface area (Å²) in [6.07, 6.45) is 1.85. The Kier molecular flexibility index (Phi) is 4.98. The van der Waals surface area contributed by atoms with Crippen LogP contribution < -0.4 is 9.47 Å². The molecule has 2 aromatic carbocycles. The fraction of sp³-hybridized carbons (Fsp3) is 0.500. The second kappa shape index (κ2) is 7.54. The van der Waals surface area contributed by atoms with Gasteiger partial charge in [0.1, 0.15) is 18.8 Å². The van der Waals surface area contributed by atoms with Gasteiger partial charge < -0.3 is 29.2 Å². The molecular formula is C24H28O6. The molecule has 2 aromatic rings. The lowest BCUT2D eigenvalue weighted by Gasteiger charge is -2.39. The number of rotatable bonds is 5. The number of aryl methyl sites for hydroxylation is 1. The molecular weight excluding hydrogens is 384 g/mol. The molecule has 0 radical (unpaired) electrons. The third kappa shape index (κ3) is 3.38. The maximum absolute atomic E-state index is 10.4. The van der Waals surface area contributed by atoms with Gasteiger partial charge in [0.05, 0.1) is 19.3 Å². The lowest BCUT2D eigenvalue weighted by atomic mass is 9.87. The van der Waals surface area contributed by atoms with Gasteiger partial charge in [-0.3, -0.25) is 0 Å². The van der Waals surface area contributed by atoms with Crippen LogP contribution in [0.3, 0.4) is 0 Å². The number of ether oxygens (including phenoxy) is 4. The van der Waals surface area contributed by atoms with Gasteiger partial charge in [-0.25, -0.2) is 0 Å². The van der Waals surface area contributed by atoms with Crippen LogP contribution in [-0.4, -0.2) is 48.3 Å². The van der Waals surface area contributed by atoms with Gasteiger partial charge in [-0.1, -0.05) is 25.1 Å². The van der Waals surface area contributed by atoms with Gasteiger partial charge in [0.15, 0.2) is 17.3 Å². The predicted octanol–water partition coefficient (Wildman–Crippen LogP) is 2.70. The molecule has 6 nitrogen and oxygen atoms in total. The Labute approximate surface area is 176 Å². The molecule has 0 saturated carbocycles. The van der Waals surface area contributed by atoms with Crippen molar-refractivity contribution in [2.24, 2.45) is 0 Å². The molecule has 0 aliphatic carbocycles. The zero-order valence-electron chi connectivity index (χ0n) is 17.2. The first-order chi connectivity index (χ1) is 14.5. The number of aliphatic hydroxyl groups is 2. The number of benzene rings is 2. The number of fused-ring (bicyclic) bond motifs is 3. The van der Waals surface area contributed by atoms with Gasteiger partial charge in [0.2, 0.25) is 0 Å². The summed E-state index contributed by atoms with van der Waals surface area (Å²) in [6.45, 7) is 3.41. The van der Waals surface area contributed by atoms with E-state index in [4.69, 9.17) is 18.9 Å². The predicted molar refractivity (Wildman–Crippen MR) is 110 cm³/mol. The summed E-state index contributed by atoms with van der Waals surface area (Å²) in [6, 6.07) is 12.3. The van der Waals surface area contributed by atoms with Crippen molar-refractivity contribution in [1.82, 2.24) is 0 Å². The molecule has 0 amide bonds. The molecule has 1 unspecified atom stereocenters. The fourth-order valence-electron chi connectivity index (χ4n) is 4.86. The summed E-state index contributed by atoms with van der Waals surface area (Å²) in [5, 5.41) is 20.3. The SMILES string of the molecule is CCc1ccc([C@]23CC(O)C[C@](CO)(CO2)O3)cc1Cc1ccc2c(c1)OCCO2. The Morgan fingerprint density at radius 2 is 1.83 bits per heavy atom. The maximum atomic E-state index is 10.4. The number of aliphatic hydroxyl groups excluding tert-OH is 2. The standard InChI is InChI=1S/C24H28O6/c1-2-17-4-5-19(24-13-20(26)12-23(14-25,30-24)15-29-24)11-18(17)9-16-3-6-21-22(10-16)28-8-7-27-21/h3-6,10-11,20,25-26H,2,7-9,12-15H2,1H3/t20?,23-,24+/m0/s1. The van der Waals surface area contributed by atoms with E-state index in [0.717, 1.165) is 35.5 Å². The molecule has 3 aliphatic heterocycles. The zero-order valence-corrected chi connectivity index (χ0v) is 17.2. The molecule has 0 spiro atoms. The first-order valence-corrected chi connectivity index (χ1v) is 10.7. The Morgan fingerprint density at radius 1 is 1.00 bits per heavy atom. The molecule has 2 bridgehead atoms. The van der Waals surface area contributed by atoms with Crippen molar-refractivity contribution in [3.8, 4) is 11.5 Å². The van der Waals surface area contributed by atoms with E-state index in [2.05, 4.69) is 25.1 Å². The van der Waals surface area contributed by atoms with Crippen LogP contribution in [0.5, 0.6) is 11.5 Å². The maximum Gasteiger partial charge on any atom is 0.198 e. The van der Waals surface area contributed by atoms with E-state index in [1.165, 1.54) is 11.1 Å². The number of hydrogen-bond donors (Lipinski definition) is 2. The molecule has 6 heteroatoms. The fourth-order valence-corrected chi connectivity index (χ4v) is 4.86. The van der Waals surface area contributed by atoms with Crippen molar-refractivity contribution >= 4 is 0 Å². The van der Waals surface area contributed by atoms with Crippen molar-refractivity contribution < 1.29 is 29.2 Å². The summed E-state index contributed by atoms with van der Waals surface area (Å²) in [5.74, 6) is 0.573. The highest BCUT2D eigenvalue weighted by Gasteiger charge is 2.57. The summed E-state index contributed by atoms with van der Waals surface area (Å²) in [5.41, 5.74) is 3.66. The molecule has 3 atom stereocenters. The Morgan fingerprint density at radius 3 is 2.63 bits per heavy atom. The van der Waals surface area contributed by atoms with E-state index in [1.54, 1.807) is 0 Å². The van der Waals surface area contributed by atoms with Crippen LogP contribution in [0.2, 0.25) is 0 Å². The average molecular weight is 412 g/mol. The second-order valence-electron chi connectivity index (χ2n) is 8.54. The molecule has 3 aliphatic rings. The van der Waals surface area contributed by atoms with E-state index >= 15 is 0 Å². The van der Waals surface area contributed by atoms with Crippen molar-refractivity contribution in [2.75, 3.05) is 26.4 Å². The molecule has 160 valence electrons. The molecule has 0 aromatic heterocycles. The normalized spacial score (nSPS) is 29.8. The quantitative estimate of drug-likeness (QED) is 0.786. The smallest absolute Gasteiger partial charge is 0.198 e. The van der Waals surface area contributed by atoms with Crippen molar-refractivity contribution in [1.29, 1.82) is 0 Å². The average Bonchev–Trinajstić information content (AvgIpc) is 3.06. The number of hydrogen-bond acceptors (Lipinski definition) is 6. The highest BCUT2D eigenvalue weighted by molar-refractivity contribution is 5.46. The third-order valence-electron chi connectivity index (χ3n) is 6.38. The Hall–Kier alpha value is -2.12. The molecule has 2 N–H and O–H groups in total. The molecule has 5 rings (SSSR count). The van der Waals surface area contributed by atoms with Crippen LogP contribution in [0.4, 0.5) is 0 Å². The summed E-state index contributed by atoms with van der Waals surface area (Å²) in [4.78, 5) is 0. The monoisotopic (exact) mass is 412 g/mol. The van der Waals surface area contributed by atoms with Crippen molar-refractivity contribution in [3.63, 3.8) is 0 Å². The van der Waals surface area contributed by atoms with Gasteiger partial charge in [-0.05, 0) is 47.7 Å². The van der Waals surface area contributed by atoms with Crippen LogP contribution in [-0.2, 0) is 28.1 Å². The Bertz CT molecular complexity index is 943. The van der Waals surface area contributed by atoms with Gasteiger partial charge in [0, 0.05) is 18.4 Å². The van der Waals surface area contributed by atoms with E-state index < -0.39 is 17.5 Å². The molecule has 3 heterocycles. The Balaban J connectivity index is 1.47. The lowest BCUT2D eigenvalue weighted by Crippen LogP contribution is -2.48. The van der Waals surface area contributed by atoms with Crippen LogP contribution in [0.25, 0.3) is 0 Å². The van der Waals surface area contributed by atoms with E-state index in [1.807, 2.05) is 18.2 Å². The van der Waals surface area contributed by atoms with Gasteiger partial charge in [-0.15, -0.1) is 0 Å². The summed E-state index contributed by atoms with van der Waals surface area (Å²) in [7, 11) is 0. The lowest BCUT2D eigenvalue weighted by molar-refractivity contribution is -0.248. The third-order valence-corrected chi connectivity index (χ3v) is 6.38. The highest BCUT2D eigenvalue weighted by atomic mass is 16.8. The van der Waals surface area contributed by atoms with Crippen LogP contribution in [0.15, 0.2) is 36.4 Å². The molecule has 30 heavy (non-hydrogen) atoms. The van der Waals surface area contributed by atoms with Crippen molar-refractivity contribution in [3.05, 3.63) is 58.7 Å². The van der Waals surface area contributed by atoms with E-state index in [9.17, 15) is 10.2 Å². The van der Waals surface area contributed by atoms with E-state index in [-0.39, 0.29) is 13.2 Å².